The van der Waals surface area contributed by atoms with Gasteiger partial charge in [0.2, 0.25) is 5.91 Å². The Balaban J connectivity index is 1.52. The molecule has 1 aliphatic rings. The van der Waals surface area contributed by atoms with Gasteiger partial charge in [0, 0.05) is 42.4 Å². The Morgan fingerprint density at radius 3 is 2.50 bits per heavy atom. The number of nitrogens with zero attached hydrogens (tertiary/aromatic N) is 3. The first-order valence-electron chi connectivity index (χ1n) is 10.2. The van der Waals surface area contributed by atoms with Crippen LogP contribution in [0.1, 0.15) is 18.4 Å². The van der Waals surface area contributed by atoms with Gasteiger partial charge in [0.15, 0.2) is 0 Å². The highest BCUT2D eigenvalue weighted by Gasteiger charge is 2.30. The quantitative estimate of drug-likeness (QED) is 0.539. The number of benzene rings is 2. The number of hydrogen-bond donors (Lipinski definition) is 2. The largest absolute Gasteiger partial charge is 0.341 e. The number of aromatic nitrogens is 2. The molecular formula is C23H22ClN5O3. The second-order valence-electron chi connectivity index (χ2n) is 7.59. The first-order chi connectivity index (χ1) is 15.4. The summed E-state index contributed by atoms with van der Waals surface area (Å²) in [6.45, 7) is 0.340. The summed E-state index contributed by atoms with van der Waals surface area (Å²) in [5.74, 6) is -0.534. The maximum atomic E-state index is 12.7. The monoisotopic (exact) mass is 451 g/mol. The van der Waals surface area contributed by atoms with Gasteiger partial charge in [-0.1, -0.05) is 41.9 Å². The summed E-state index contributed by atoms with van der Waals surface area (Å²) in [7, 11) is 1.71. The second-order valence-corrected chi connectivity index (χ2v) is 8.03. The minimum atomic E-state index is -0.676. The van der Waals surface area contributed by atoms with E-state index in [1.807, 2.05) is 48.7 Å². The zero-order valence-corrected chi connectivity index (χ0v) is 18.2. The van der Waals surface area contributed by atoms with E-state index in [1.165, 1.54) is 0 Å². The number of hydrogen-bond acceptors (Lipinski definition) is 4. The molecule has 164 valence electrons. The summed E-state index contributed by atoms with van der Waals surface area (Å²) >= 11 is 6.04. The molecule has 4 rings (SSSR count). The maximum absolute atomic E-state index is 12.7. The Bertz CT molecular complexity index is 1140. The van der Waals surface area contributed by atoms with Crippen molar-refractivity contribution in [2.24, 2.45) is 0 Å². The molecule has 1 aliphatic heterocycles. The van der Waals surface area contributed by atoms with E-state index in [9.17, 15) is 14.4 Å². The first kappa shape index (κ1) is 21.6. The number of nitrogens with one attached hydrogen (secondary N) is 2. The number of amides is 4. The molecule has 4 amide bonds. The lowest BCUT2D eigenvalue weighted by Gasteiger charge is -2.18. The molecule has 0 radical (unpaired) electrons. The molecule has 0 spiro atoms. The lowest BCUT2D eigenvalue weighted by molar-refractivity contribution is -0.130. The lowest BCUT2D eigenvalue weighted by atomic mass is 10.1. The molecule has 2 N–H and O–H groups in total. The van der Waals surface area contributed by atoms with E-state index in [1.54, 1.807) is 28.8 Å². The number of para-hydroxylation sites is 1. The molecule has 0 bridgehead atoms. The molecule has 1 atom stereocenters. The number of rotatable bonds is 7. The van der Waals surface area contributed by atoms with Gasteiger partial charge in [-0.2, -0.15) is 5.10 Å². The zero-order valence-electron chi connectivity index (χ0n) is 17.4. The van der Waals surface area contributed by atoms with E-state index in [0.29, 0.717) is 11.6 Å². The van der Waals surface area contributed by atoms with Crippen molar-refractivity contribution in [1.82, 2.24) is 25.3 Å². The van der Waals surface area contributed by atoms with Crippen LogP contribution in [0.15, 0.2) is 60.8 Å². The summed E-state index contributed by atoms with van der Waals surface area (Å²) in [5, 5.41) is 10.1. The second kappa shape index (κ2) is 9.23. The number of imide groups is 1. The molecule has 1 fully saturated rings. The Hall–Kier alpha value is -3.65. The number of carbonyl (C=O) groups excluding carboxylic acids is 3. The molecule has 1 aromatic heterocycles. The summed E-state index contributed by atoms with van der Waals surface area (Å²) in [6, 6.07) is 15.9. The van der Waals surface area contributed by atoms with Gasteiger partial charge < -0.3 is 10.2 Å². The van der Waals surface area contributed by atoms with E-state index in [0.717, 1.165) is 22.5 Å². The van der Waals surface area contributed by atoms with E-state index in [4.69, 9.17) is 16.7 Å². The van der Waals surface area contributed by atoms with Crippen molar-refractivity contribution in [2.75, 3.05) is 7.05 Å². The predicted octanol–water partition coefficient (Wildman–Crippen LogP) is 3.14. The fourth-order valence-electron chi connectivity index (χ4n) is 3.55. The van der Waals surface area contributed by atoms with Crippen LogP contribution in [0.3, 0.4) is 0 Å². The Labute approximate surface area is 190 Å². The van der Waals surface area contributed by atoms with Gasteiger partial charge in [0.05, 0.1) is 11.4 Å². The van der Waals surface area contributed by atoms with E-state index < -0.39 is 18.0 Å². The molecule has 3 aromatic rings. The van der Waals surface area contributed by atoms with Gasteiger partial charge in [0.25, 0.3) is 5.91 Å². The Kier molecular flexibility index (Phi) is 6.23. The molecule has 2 heterocycles. The number of urea groups is 1. The average molecular weight is 452 g/mol. The highest BCUT2D eigenvalue weighted by Crippen LogP contribution is 2.26. The third-order valence-corrected chi connectivity index (χ3v) is 5.52. The van der Waals surface area contributed by atoms with Gasteiger partial charge in [-0.3, -0.25) is 14.9 Å². The normalized spacial score (nSPS) is 15.4. The molecule has 8 nitrogen and oxygen atoms in total. The van der Waals surface area contributed by atoms with E-state index in [2.05, 4.69) is 10.6 Å². The summed E-state index contributed by atoms with van der Waals surface area (Å²) < 4.78 is 1.79. The molecule has 0 aliphatic carbocycles. The van der Waals surface area contributed by atoms with Crippen LogP contribution in [0.25, 0.3) is 16.9 Å². The van der Waals surface area contributed by atoms with Gasteiger partial charge in [-0.15, -0.1) is 0 Å². The SMILES string of the molecule is CN(Cc1cn(-c2ccccc2)nc1-c1ccc(Cl)cc1)C(=O)CCC1NC(=O)NC1=O. The molecule has 2 aromatic carbocycles. The standard InChI is InChI=1S/C23H22ClN5O3/c1-28(20(30)12-11-19-22(31)26-23(32)25-19)13-16-14-29(18-5-3-2-4-6-18)27-21(16)15-7-9-17(24)10-8-15/h2-10,14,19H,11-13H2,1H3,(H2,25,26,31,32). The average Bonchev–Trinajstić information content (AvgIpc) is 3.35. The summed E-state index contributed by atoms with van der Waals surface area (Å²) in [6.07, 6.45) is 2.29. The third-order valence-electron chi connectivity index (χ3n) is 5.27. The van der Waals surface area contributed by atoms with Crippen molar-refractivity contribution in [2.45, 2.75) is 25.4 Å². The van der Waals surface area contributed by atoms with Crippen molar-refractivity contribution in [3.8, 4) is 16.9 Å². The fourth-order valence-corrected chi connectivity index (χ4v) is 3.68. The molecular weight excluding hydrogens is 430 g/mol. The van der Waals surface area contributed by atoms with Crippen LogP contribution < -0.4 is 10.6 Å². The molecule has 32 heavy (non-hydrogen) atoms. The van der Waals surface area contributed by atoms with Gasteiger partial charge in [0.1, 0.15) is 6.04 Å². The minimum Gasteiger partial charge on any atom is -0.341 e. The van der Waals surface area contributed by atoms with E-state index in [-0.39, 0.29) is 18.7 Å². The molecule has 0 saturated carbocycles. The lowest BCUT2D eigenvalue weighted by Crippen LogP contribution is -2.32. The van der Waals surface area contributed by atoms with Crippen molar-refractivity contribution >= 4 is 29.4 Å². The van der Waals surface area contributed by atoms with Crippen molar-refractivity contribution in [3.05, 3.63) is 71.4 Å². The van der Waals surface area contributed by atoms with Crippen LogP contribution in [0.2, 0.25) is 5.02 Å². The van der Waals surface area contributed by atoms with Crippen LogP contribution in [0, 0.1) is 0 Å². The van der Waals surface area contributed by atoms with E-state index >= 15 is 0 Å². The smallest absolute Gasteiger partial charge is 0.322 e. The maximum Gasteiger partial charge on any atom is 0.322 e. The van der Waals surface area contributed by atoms with Crippen molar-refractivity contribution < 1.29 is 14.4 Å². The third kappa shape index (κ3) is 4.81. The first-order valence-corrected chi connectivity index (χ1v) is 10.5. The Morgan fingerprint density at radius 2 is 1.84 bits per heavy atom. The molecule has 1 unspecified atom stereocenters. The minimum absolute atomic E-state index is 0.131. The number of carbonyl (C=O) groups is 3. The highest BCUT2D eigenvalue weighted by atomic mass is 35.5. The molecule has 9 heteroatoms. The van der Waals surface area contributed by atoms with Crippen LogP contribution >= 0.6 is 11.6 Å². The zero-order chi connectivity index (χ0) is 22.7. The predicted molar refractivity (Wildman–Crippen MR) is 120 cm³/mol. The summed E-state index contributed by atoms with van der Waals surface area (Å²) in [4.78, 5) is 37.2. The van der Waals surface area contributed by atoms with Crippen molar-refractivity contribution in [3.63, 3.8) is 0 Å². The van der Waals surface area contributed by atoms with Crippen LogP contribution in [-0.2, 0) is 16.1 Å². The van der Waals surface area contributed by atoms with Crippen LogP contribution in [0.4, 0.5) is 4.79 Å². The van der Waals surface area contributed by atoms with Gasteiger partial charge >= 0.3 is 6.03 Å². The molecule has 1 saturated heterocycles. The van der Waals surface area contributed by atoms with Gasteiger partial charge in [-0.25, -0.2) is 9.48 Å². The topological polar surface area (TPSA) is 96.3 Å². The summed E-state index contributed by atoms with van der Waals surface area (Å²) in [5.41, 5.74) is 3.43. The van der Waals surface area contributed by atoms with Crippen LogP contribution in [0.5, 0.6) is 0 Å². The Morgan fingerprint density at radius 1 is 1.12 bits per heavy atom. The fraction of sp³-hybridized carbons (Fsp3) is 0.217. The van der Waals surface area contributed by atoms with Crippen molar-refractivity contribution in [1.29, 1.82) is 0 Å². The highest BCUT2D eigenvalue weighted by molar-refractivity contribution is 6.30. The van der Waals surface area contributed by atoms with Gasteiger partial charge in [-0.05, 0) is 30.7 Å². The van der Waals surface area contributed by atoms with Crippen LogP contribution in [-0.4, -0.2) is 45.6 Å². The number of halogens is 1.